The summed E-state index contributed by atoms with van der Waals surface area (Å²) < 4.78 is 0. The predicted molar refractivity (Wildman–Crippen MR) is 153 cm³/mol. The first-order chi connectivity index (χ1) is 18.0. The summed E-state index contributed by atoms with van der Waals surface area (Å²) in [5.74, 6) is 0.542. The van der Waals surface area contributed by atoms with Gasteiger partial charge in [-0.2, -0.15) is 5.10 Å². The third-order valence-electron chi connectivity index (χ3n) is 7.05. The van der Waals surface area contributed by atoms with E-state index in [0.717, 1.165) is 70.0 Å². The van der Waals surface area contributed by atoms with Gasteiger partial charge < -0.3 is 15.2 Å². The smallest absolute Gasteiger partial charge is 0.116 e. The van der Waals surface area contributed by atoms with Crippen molar-refractivity contribution in [2.24, 2.45) is 5.92 Å². The number of aromatic amines is 2. The van der Waals surface area contributed by atoms with Crippen LogP contribution in [0.1, 0.15) is 39.5 Å². The van der Waals surface area contributed by atoms with E-state index < -0.39 is 0 Å². The number of nitrogens with zero attached hydrogens (tertiary/aromatic N) is 4. The molecule has 0 atom stereocenters. The number of pyridine rings is 2. The van der Waals surface area contributed by atoms with Crippen LogP contribution in [0.3, 0.4) is 0 Å². The van der Waals surface area contributed by atoms with Crippen molar-refractivity contribution in [3.05, 3.63) is 67.3 Å². The number of aromatic nitrogens is 5. The molecule has 1 aliphatic heterocycles. The third kappa shape index (κ3) is 4.69. The first kappa shape index (κ1) is 23.3. The molecule has 0 spiro atoms. The molecule has 0 radical (unpaired) electrons. The quantitative estimate of drug-likeness (QED) is 0.225. The van der Waals surface area contributed by atoms with Crippen molar-refractivity contribution in [1.29, 1.82) is 0 Å². The van der Waals surface area contributed by atoms with Gasteiger partial charge in [0.05, 0.1) is 35.0 Å². The van der Waals surface area contributed by atoms with Crippen LogP contribution in [-0.2, 0) is 0 Å². The summed E-state index contributed by atoms with van der Waals surface area (Å²) in [7, 11) is 0. The fraction of sp³-hybridized carbons (Fsp3) is 0.300. The lowest BCUT2D eigenvalue weighted by molar-refractivity contribution is 0.579. The summed E-state index contributed by atoms with van der Waals surface area (Å²) >= 11 is 0. The molecular weight excluding hydrogens is 458 g/mol. The molecular formula is C30H33N7. The summed E-state index contributed by atoms with van der Waals surface area (Å²) in [6.07, 6.45) is 10.3. The fourth-order valence-electron chi connectivity index (χ4n) is 5.35. The highest BCUT2D eigenvalue weighted by Crippen LogP contribution is 2.35. The van der Waals surface area contributed by atoms with Crippen LogP contribution in [0.4, 0.5) is 11.4 Å². The maximum atomic E-state index is 4.69. The summed E-state index contributed by atoms with van der Waals surface area (Å²) in [4.78, 5) is 15.3. The molecule has 0 unspecified atom stereocenters. The molecule has 1 aliphatic rings. The number of allylic oxidation sites excluding steroid dienone is 1. The second kappa shape index (κ2) is 9.73. The molecule has 3 N–H and O–H groups in total. The zero-order valence-corrected chi connectivity index (χ0v) is 21.5. The molecule has 0 bridgehead atoms. The molecule has 1 fully saturated rings. The van der Waals surface area contributed by atoms with Gasteiger partial charge in [0.1, 0.15) is 5.69 Å². The van der Waals surface area contributed by atoms with E-state index in [9.17, 15) is 0 Å². The molecule has 0 aliphatic carbocycles. The number of hydrogen-bond acceptors (Lipinski definition) is 5. The number of nitrogens with one attached hydrogen (secondary N) is 3. The molecule has 1 saturated heterocycles. The normalized spacial score (nSPS) is 14.1. The van der Waals surface area contributed by atoms with Crippen molar-refractivity contribution in [1.82, 2.24) is 25.1 Å². The van der Waals surface area contributed by atoms with Gasteiger partial charge in [-0.15, -0.1) is 0 Å². The lowest BCUT2D eigenvalue weighted by Crippen LogP contribution is -2.29. The number of fused-ring (bicyclic) bond motifs is 2. The molecule has 37 heavy (non-hydrogen) atoms. The van der Waals surface area contributed by atoms with Gasteiger partial charge in [-0.25, -0.2) is 0 Å². The SMILES string of the molecule is C=C(CC(C)C)Nc1cncc(-c2cc3c(-c4cc5c(N6CCCCC6)cccc5[nH]4)n[nH]c3cn2)c1. The molecule has 188 valence electrons. The highest BCUT2D eigenvalue weighted by atomic mass is 15.1. The topological polar surface area (TPSA) is 85.5 Å². The molecule has 4 aromatic heterocycles. The Hall–Kier alpha value is -4.13. The van der Waals surface area contributed by atoms with Crippen LogP contribution in [0, 0.1) is 5.92 Å². The van der Waals surface area contributed by atoms with E-state index in [2.05, 4.69) is 87.2 Å². The lowest BCUT2D eigenvalue weighted by Gasteiger charge is -2.29. The molecule has 5 heterocycles. The van der Waals surface area contributed by atoms with E-state index in [1.807, 2.05) is 18.6 Å². The van der Waals surface area contributed by atoms with E-state index >= 15 is 0 Å². The number of hydrogen-bond donors (Lipinski definition) is 3. The Morgan fingerprint density at radius 3 is 2.73 bits per heavy atom. The maximum Gasteiger partial charge on any atom is 0.116 e. The number of benzene rings is 1. The van der Waals surface area contributed by atoms with Crippen molar-refractivity contribution >= 4 is 33.2 Å². The van der Waals surface area contributed by atoms with Crippen LogP contribution in [0.15, 0.2) is 67.3 Å². The van der Waals surface area contributed by atoms with Gasteiger partial charge in [-0.05, 0) is 61.9 Å². The highest BCUT2D eigenvalue weighted by molar-refractivity contribution is 6.00. The van der Waals surface area contributed by atoms with Crippen LogP contribution in [-0.4, -0.2) is 38.2 Å². The van der Waals surface area contributed by atoms with Crippen LogP contribution >= 0.6 is 0 Å². The van der Waals surface area contributed by atoms with Gasteiger partial charge in [0, 0.05) is 52.5 Å². The summed E-state index contributed by atoms with van der Waals surface area (Å²) in [5, 5.41) is 13.5. The second-order valence-electron chi connectivity index (χ2n) is 10.4. The average Bonchev–Trinajstić information content (AvgIpc) is 3.52. The Bertz CT molecular complexity index is 1570. The van der Waals surface area contributed by atoms with Gasteiger partial charge >= 0.3 is 0 Å². The molecule has 1 aromatic carbocycles. The number of H-pyrrole nitrogens is 2. The molecule has 5 aromatic rings. The molecule has 7 nitrogen and oxygen atoms in total. The Morgan fingerprint density at radius 2 is 1.89 bits per heavy atom. The minimum Gasteiger partial charge on any atom is -0.371 e. The Balaban J connectivity index is 1.35. The van der Waals surface area contributed by atoms with Crippen molar-refractivity contribution in [3.63, 3.8) is 0 Å². The van der Waals surface area contributed by atoms with Gasteiger partial charge in [0.15, 0.2) is 0 Å². The number of anilines is 2. The second-order valence-corrected chi connectivity index (χ2v) is 10.4. The van der Waals surface area contributed by atoms with Crippen molar-refractivity contribution in [2.45, 2.75) is 39.5 Å². The number of rotatable bonds is 7. The van der Waals surface area contributed by atoms with E-state index in [1.54, 1.807) is 0 Å². The number of piperidine rings is 1. The van der Waals surface area contributed by atoms with Gasteiger partial charge in [-0.1, -0.05) is 26.5 Å². The van der Waals surface area contributed by atoms with E-state index in [1.165, 1.54) is 30.3 Å². The van der Waals surface area contributed by atoms with Crippen molar-refractivity contribution < 1.29 is 0 Å². The van der Waals surface area contributed by atoms with Crippen molar-refractivity contribution in [3.8, 4) is 22.6 Å². The molecule has 7 heteroatoms. The van der Waals surface area contributed by atoms with Gasteiger partial charge in [0.2, 0.25) is 0 Å². The van der Waals surface area contributed by atoms with Crippen molar-refractivity contribution in [2.75, 3.05) is 23.3 Å². The fourth-order valence-corrected chi connectivity index (χ4v) is 5.35. The van der Waals surface area contributed by atoms with Crippen LogP contribution < -0.4 is 10.2 Å². The lowest BCUT2D eigenvalue weighted by atomic mass is 10.1. The van der Waals surface area contributed by atoms with Crippen LogP contribution in [0.5, 0.6) is 0 Å². The van der Waals surface area contributed by atoms with E-state index in [4.69, 9.17) is 4.98 Å². The summed E-state index contributed by atoms with van der Waals surface area (Å²) in [6.45, 7) is 10.8. The Labute approximate surface area is 217 Å². The maximum absolute atomic E-state index is 4.69. The van der Waals surface area contributed by atoms with E-state index in [0.29, 0.717) is 5.92 Å². The summed E-state index contributed by atoms with van der Waals surface area (Å²) in [6, 6.07) is 12.9. The first-order valence-electron chi connectivity index (χ1n) is 13.2. The molecule has 6 rings (SSSR count). The van der Waals surface area contributed by atoms with Crippen LogP contribution in [0.25, 0.3) is 44.5 Å². The predicted octanol–water partition coefficient (Wildman–Crippen LogP) is 7.13. The monoisotopic (exact) mass is 491 g/mol. The molecule has 0 amide bonds. The average molecular weight is 492 g/mol. The van der Waals surface area contributed by atoms with E-state index in [-0.39, 0.29) is 0 Å². The van der Waals surface area contributed by atoms with Gasteiger partial charge in [-0.3, -0.25) is 15.1 Å². The van der Waals surface area contributed by atoms with Gasteiger partial charge in [0.25, 0.3) is 0 Å². The molecule has 0 saturated carbocycles. The third-order valence-corrected chi connectivity index (χ3v) is 7.05. The standard InChI is InChI=1S/C30H33N7/c1-19(2)12-20(3)33-22-13-21(16-31-17-22)26-15-24-28(18-32-26)35-36-30(24)27-14-23-25(34-27)8-7-9-29(23)37-10-5-4-6-11-37/h7-9,13-19,33-34H,3-6,10-12H2,1-2H3,(H,35,36). The Kier molecular flexibility index (Phi) is 6.12. The van der Waals surface area contributed by atoms with Crippen LogP contribution in [0.2, 0.25) is 0 Å². The zero-order valence-electron chi connectivity index (χ0n) is 21.5. The first-order valence-corrected chi connectivity index (χ1v) is 13.2. The zero-order chi connectivity index (χ0) is 25.4. The minimum atomic E-state index is 0.542. The Morgan fingerprint density at radius 1 is 1.03 bits per heavy atom. The minimum absolute atomic E-state index is 0.542. The highest BCUT2D eigenvalue weighted by Gasteiger charge is 2.18. The largest absolute Gasteiger partial charge is 0.371 e. The summed E-state index contributed by atoms with van der Waals surface area (Å²) in [5.41, 5.74) is 8.93.